The maximum Gasteiger partial charge on any atom is 0.231 e. The lowest BCUT2D eigenvalue weighted by Crippen LogP contribution is -2.37. The van der Waals surface area contributed by atoms with Crippen LogP contribution in [0.5, 0.6) is 23.0 Å². The van der Waals surface area contributed by atoms with Crippen LogP contribution in [0.25, 0.3) is 0 Å². The first-order valence-electron chi connectivity index (χ1n) is 11.9. The summed E-state index contributed by atoms with van der Waals surface area (Å²) in [6, 6.07) is 14.7. The summed E-state index contributed by atoms with van der Waals surface area (Å²) in [7, 11) is 1.61. The summed E-state index contributed by atoms with van der Waals surface area (Å²) in [5.41, 5.74) is 1.49. The number of methoxy groups -OCH3 is 1. The van der Waals surface area contributed by atoms with E-state index in [9.17, 15) is 9.90 Å². The molecule has 3 heterocycles. The monoisotopic (exact) mass is 478 g/mol. The number of phenolic OH excluding ortho intramolecular Hbond substituents is 1. The van der Waals surface area contributed by atoms with E-state index in [2.05, 4.69) is 10.2 Å². The number of hydrogen-bond acceptors (Lipinski definition) is 7. The molecule has 2 aliphatic rings. The second-order valence-electron chi connectivity index (χ2n) is 8.87. The van der Waals surface area contributed by atoms with Gasteiger partial charge in [0, 0.05) is 30.5 Å². The van der Waals surface area contributed by atoms with Gasteiger partial charge in [-0.1, -0.05) is 12.1 Å². The van der Waals surface area contributed by atoms with Gasteiger partial charge in [-0.05, 0) is 61.8 Å². The van der Waals surface area contributed by atoms with Gasteiger partial charge in [-0.3, -0.25) is 9.69 Å². The molecule has 2 aliphatic heterocycles. The second kappa shape index (κ2) is 10.3. The molecule has 35 heavy (non-hydrogen) atoms. The van der Waals surface area contributed by atoms with Crippen molar-refractivity contribution in [2.24, 2.45) is 0 Å². The standard InChI is InChI=1S/C27H30N2O6/c1-32-19-8-6-18(7-9-19)20(21-13-25-26(15-23(21)30)35-17-34-25)14-27(31)28-16-22(24-5-4-12-33-24)29-10-2-3-11-29/h4-9,12-13,15,20,22,30H,2-3,10-11,14,16-17H2,1H3,(H,28,31). The Morgan fingerprint density at radius 3 is 2.54 bits per heavy atom. The first-order chi connectivity index (χ1) is 17.1. The number of nitrogens with one attached hydrogen (secondary N) is 1. The minimum Gasteiger partial charge on any atom is -0.508 e. The van der Waals surface area contributed by atoms with Crippen LogP contribution in [0.1, 0.15) is 48.1 Å². The number of ether oxygens (including phenoxy) is 3. The average Bonchev–Trinajstić information content (AvgIpc) is 3.66. The van der Waals surface area contributed by atoms with Gasteiger partial charge >= 0.3 is 0 Å². The maximum atomic E-state index is 13.2. The molecular formula is C27H30N2O6. The smallest absolute Gasteiger partial charge is 0.231 e. The van der Waals surface area contributed by atoms with Crippen molar-refractivity contribution in [2.45, 2.75) is 31.2 Å². The molecule has 1 fully saturated rings. The molecule has 0 radical (unpaired) electrons. The van der Waals surface area contributed by atoms with Gasteiger partial charge in [-0.25, -0.2) is 0 Å². The molecule has 0 saturated carbocycles. The van der Waals surface area contributed by atoms with Crippen LogP contribution >= 0.6 is 0 Å². The molecule has 2 atom stereocenters. The molecule has 1 aromatic heterocycles. The van der Waals surface area contributed by atoms with Crippen molar-refractivity contribution in [3.8, 4) is 23.0 Å². The van der Waals surface area contributed by atoms with Crippen LogP contribution < -0.4 is 19.5 Å². The van der Waals surface area contributed by atoms with Crippen LogP contribution in [-0.2, 0) is 4.79 Å². The highest BCUT2D eigenvalue weighted by Crippen LogP contribution is 2.43. The van der Waals surface area contributed by atoms with Gasteiger partial charge in [0.25, 0.3) is 0 Å². The van der Waals surface area contributed by atoms with E-state index in [-0.39, 0.29) is 36.8 Å². The van der Waals surface area contributed by atoms with Crippen molar-refractivity contribution >= 4 is 5.91 Å². The zero-order chi connectivity index (χ0) is 24.2. The summed E-state index contributed by atoms with van der Waals surface area (Å²) in [4.78, 5) is 15.6. The van der Waals surface area contributed by atoms with Gasteiger partial charge in [-0.15, -0.1) is 0 Å². The van der Waals surface area contributed by atoms with Crippen LogP contribution in [0.4, 0.5) is 0 Å². The average molecular weight is 479 g/mol. The summed E-state index contributed by atoms with van der Waals surface area (Å²) in [6.07, 6.45) is 4.12. The number of phenols is 1. The Labute approximate surface area is 204 Å². The largest absolute Gasteiger partial charge is 0.508 e. The third-order valence-corrected chi connectivity index (χ3v) is 6.75. The Balaban J connectivity index is 1.36. The third kappa shape index (κ3) is 5.07. The molecule has 2 N–H and O–H groups in total. The predicted octanol–water partition coefficient (Wildman–Crippen LogP) is 4.20. The molecule has 0 spiro atoms. The van der Waals surface area contributed by atoms with Gasteiger partial charge in [0.05, 0.1) is 19.4 Å². The number of carbonyl (C=O) groups excluding carboxylic acids is 1. The fourth-order valence-corrected chi connectivity index (χ4v) is 4.88. The van der Waals surface area contributed by atoms with E-state index in [0.29, 0.717) is 23.6 Å². The molecular weight excluding hydrogens is 448 g/mol. The van der Waals surface area contributed by atoms with E-state index >= 15 is 0 Å². The molecule has 8 heteroatoms. The number of rotatable bonds is 9. The number of likely N-dealkylation sites (tertiary alicyclic amines) is 1. The van der Waals surface area contributed by atoms with Gasteiger partial charge in [-0.2, -0.15) is 0 Å². The highest BCUT2D eigenvalue weighted by molar-refractivity contribution is 5.78. The van der Waals surface area contributed by atoms with Crippen molar-refractivity contribution in [3.63, 3.8) is 0 Å². The molecule has 5 rings (SSSR count). The van der Waals surface area contributed by atoms with Crippen molar-refractivity contribution in [1.82, 2.24) is 10.2 Å². The number of nitrogens with zero attached hydrogens (tertiary/aromatic N) is 1. The van der Waals surface area contributed by atoms with E-state index in [4.69, 9.17) is 18.6 Å². The predicted molar refractivity (Wildman–Crippen MR) is 129 cm³/mol. The fourth-order valence-electron chi connectivity index (χ4n) is 4.88. The molecule has 1 amide bonds. The Morgan fingerprint density at radius 2 is 1.86 bits per heavy atom. The first-order valence-corrected chi connectivity index (χ1v) is 11.9. The molecule has 2 unspecified atom stereocenters. The fraction of sp³-hybridized carbons (Fsp3) is 0.370. The van der Waals surface area contributed by atoms with Crippen LogP contribution in [0, 0.1) is 0 Å². The number of fused-ring (bicyclic) bond motifs is 1. The number of hydrogen-bond donors (Lipinski definition) is 2. The molecule has 8 nitrogen and oxygen atoms in total. The molecule has 0 aliphatic carbocycles. The Hall–Kier alpha value is -3.65. The molecule has 184 valence electrons. The summed E-state index contributed by atoms with van der Waals surface area (Å²) in [5.74, 6) is 2.20. The SMILES string of the molecule is COc1ccc(C(CC(=O)NCC(c2ccco2)N2CCCC2)c2cc3c(cc2O)OCO3)cc1. The van der Waals surface area contributed by atoms with E-state index in [1.165, 1.54) is 0 Å². The number of furan rings is 1. The van der Waals surface area contributed by atoms with Crippen LogP contribution in [0.2, 0.25) is 0 Å². The summed E-state index contributed by atoms with van der Waals surface area (Å²) in [5, 5.41) is 13.9. The van der Waals surface area contributed by atoms with E-state index in [1.54, 1.807) is 25.5 Å². The van der Waals surface area contributed by atoms with E-state index in [1.807, 2.05) is 36.4 Å². The zero-order valence-electron chi connectivity index (χ0n) is 19.7. The van der Waals surface area contributed by atoms with Crippen LogP contribution in [0.15, 0.2) is 59.2 Å². The Bertz CT molecular complexity index is 1140. The molecule has 1 saturated heterocycles. The number of carbonyl (C=O) groups is 1. The lowest BCUT2D eigenvalue weighted by Gasteiger charge is -2.26. The zero-order valence-corrected chi connectivity index (χ0v) is 19.7. The van der Waals surface area contributed by atoms with Gasteiger partial charge in [0.1, 0.15) is 17.3 Å². The van der Waals surface area contributed by atoms with E-state index < -0.39 is 0 Å². The summed E-state index contributed by atoms with van der Waals surface area (Å²) < 4.78 is 21.9. The first kappa shape index (κ1) is 23.1. The normalized spacial score (nSPS) is 16.7. The van der Waals surface area contributed by atoms with Crippen molar-refractivity contribution in [2.75, 3.05) is 33.5 Å². The van der Waals surface area contributed by atoms with Crippen molar-refractivity contribution in [1.29, 1.82) is 0 Å². The minimum atomic E-state index is -0.385. The lowest BCUT2D eigenvalue weighted by molar-refractivity contribution is -0.121. The molecule has 3 aromatic rings. The highest BCUT2D eigenvalue weighted by Gasteiger charge is 2.28. The summed E-state index contributed by atoms with van der Waals surface area (Å²) >= 11 is 0. The lowest BCUT2D eigenvalue weighted by atomic mass is 9.87. The van der Waals surface area contributed by atoms with Crippen molar-refractivity contribution < 1.29 is 28.5 Å². The number of amides is 1. The van der Waals surface area contributed by atoms with Gasteiger partial charge in [0.2, 0.25) is 12.7 Å². The Morgan fingerprint density at radius 1 is 1.11 bits per heavy atom. The quantitative estimate of drug-likeness (QED) is 0.476. The summed E-state index contributed by atoms with van der Waals surface area (Å²) in [6.45, 7) is 2.53. The topological polar surface area (TPSA) is 93.4 Å². The Kier molecular flexibility index (Phi) is 6.81. The second-order valence-corrected chi connectivity index (χ2v) is 8.87. The molecule has 0 bridgehead atoms. The van der Waals surface area contributed by atoms with Gasteiger partial charge < -0.3 is 29.1 Å². The number of benzene rings is 2. The highest BCUT2D eigenvalue weighted by atomic mass is 16.7. The van der Waals surface area contributed by atoms with Gasteiger partial charge in [0.15, 0.2) is 11.5 Å². The third-order valence-electron chi connectivity index (χ3n) is 6.75. The maximum absolute atomic E-state index is 13.2. The van der Waals surface area contributed by atoms with Crippen molar-refractivity contribution in [3.05, 3.63) is 71.7 Å². The minimum absolute atomic E-state index is 0.00478. The molecule has 2 aromatic carbocycles. The van der Waals surface area contributed by atoms with Crippen LogP contribution in [-0.4, -0.2) is 49.5 Å². The number of aromatic hydroxyl groups is 1. The van der Waals surface area contributed by atoms with E-state index in [0.717, 1.165) is 43.0 Å². The van der Waals surface area contributed by atoms with Crippen LogP contribution in [0.3, 0.4) is 0 Å².